The normalized spacial score (nSPS) is 11.3. The summed E-state index contributed by atoms with van der Waals surface area (Å²) in [6.07, 6.45) is 4.26. The highest BCUT2D eigenvalue weighted by atomic mass is 35.5. The number of rotatable bonds is 8. The van der Waals surface area contributed by atoms with Crippen molar-refractivity contribution >= 4 is 33.2 Å². The number of imidazole rings is 1. The van der Waals surface area contributed by atoms with Crippen molar-refractivity contribution in [1.82, 2.24) is 14.9 Å². The summed E-state index contributed by atoms with van der Waals surface area (Å²) in [5, 5.41) is 2.73. The highest BCUT2D eigenvalue weighted by Gasteiger charge is 2.20. The third kappa shape index (κ3) is 5.37. The zero-order valence-corrected chi connectivity index (χ0v) is 17.7. The molecule has 0 saturated carbocycles. The van der Waals surface area contributed by atoms with Gasteiger partial charge in [0.15, 0.2) is 0 Å². The van der Waals surface area contributed by atoms with E-state index in [1.54, 1.807) is 6.20 Å². The van der Waals surface area contributed by atoms with Gasteiger partial charge in [0.1, 0.15) is 16.5 Å². The molecule has 3 rings (SSSR count). The molecular formula is C20H20ClFN4O3S. The summed E-state index contributed by atoms with van der Waals surface area (Å²) in [5.74, 6) is -0.00682. The number of carbonyl (C=O) groups excluding carboxylic acids is 1. The van der Waals surface area contributed by atoms with E-state index < -0.39 is 21.7 Å². The third-order valence-corrected chi connectivity index (χ3v) is 6.23. The first-order chi connectivity index (χ1) is 14.3. The smallest absolute Gasteiger partial charge is 0.263 e. The Kier molecular flexibility index (Phi) is 6.73. The lowest BCUT2D eigenvalue weighted by molar-refractivity contribution is 0.0952. The van der Waals surface area contributed by atoms with Crippen LogP contribution in [0.15, 0.2) is 59.8 Å². The van der Waals surface area contributed by atoms with Crippen molar-refractivity contribution in [2.45, 2.75) is 24.8 Å². The van der Waals surface area contributed by atoms with Crippen molar-refractivity contribution in [1.29, 1.82) is 0 Å². The van der Waals surface area contributed by atoms with Crippen LogP contribution in [-0.2, 0) is 16.6 Å². The fourth-order valence-corrected chi connectivity index (χ4v) is 4.36. The molecule has 30 heavy (non-hydrogen) atoms. The van der Waals surface area contributed by atoms with Crippen LogP contribution in [0.4, 0.5) is 10.1 Å². The largest absolute Gasteiger partial charge is 0.352 e. The van der Waals surface area contributed by atoms with Gasteiger partial charge < -0.3 is 9.88 Å². The van der Waals surface area contributed by atoms with Gasteiger partial charge in [0, 0.05) is 36.7 Å². The van der Waals surface area contributed by atoms with Crippen LogP contribution in [-0.4, -0.2) is 30.4 Å². The number of sulfonamides is 1. The Hall–Kier alpha value is -2.91. The average Bonchev–Trinajstić information content (AvgIpc) is 3.11. The van der Waals surface area contributed by atoms with Crippen LogP contribution in [0, 0.1) is 12.7 Å². The number of nitrogens with zero attached hydrogens (tertiary/aromatic N) is 2. The number of hydrogen-bond acceptors (Lipinski definition) is 4. The number of nitrogens with one attached hydrogen (secondary N) is 2. The van der Waals surface area contributed by atoms with Crippen molar-refractivity contribution in [2.75, 3.05) is 11.3 Å². The Morgan fingerprint density at radius 3 is 2.60 bits per heavy atom. The lowest BCUT2D eigenvalue weighted by Crippen LogP contribution is -2.25. The Morgan fingerprint density at radius 1 is 1.20 bits per heavy atom. The molecule has 2 N–H and O–H groups in total. The molecule has 0 radical (unpaired) electrons. The van der Waals surface area contributed by atoms with Gasteiger partial charge in [-0.15, -0.1) is 0 Å². The quantitative estimate of drug-likeness (QED) is 0.513. The zero-order chi connectivity index (χ0) is 21.7. The molecule has 0 saturated heterocycles. The predicted molar refractivity (Wildman–Crippen MR) is 113 cm³/mol. The summed E-state index contributed by atoms with van der Waals surface area (Å²) in [7, 11) is -4.07. The van der Waals surface area contributed by atoms with Crippen molar-refractivity contribution in [3.05, 3.63) is 77.1 Å². The lowest BCUT2D eigenvalue weighted by atomic mass is 10.2. The summed E-state index contributed by atoms with van der Waals surface area (Å²) in [6.45, 7) is 3.01. The second-order valence-electron chi connectivity index (χ2n) is 6.53. The van der Waals surface area contributed by atoms with Crippen molar-refractivity contribution in [2.24, 2.45) is 0 Å². The third-order valence-electron chi connectivity index (χ3n) is 4.36. The molecule has 0 fully saturated rings. The first-order valence-corrected chi connectivity index (χ1v) is 11.0. The van der Waals surface area contributed by atoms with Gasteiger partial charge in [-0.25, -0.2) is 17.8 Å². The van der Waals surface area contributed by atoms with Gasteiger partial charge in [-0.05, 0) is 55.8 Å². The Labute approximate surface area is 178 Å². The lowest BCUT2D eigenvalue weighted by Gasteiger charge is -2.12. The number of aromatic nitrogens is 2. The maximum absolute atomic E-state index is 13.0. The minimum Gasteiger partial charge on any atom is -0.352 e. The topological polar surface area (TPSA) is 93.1 Å². The Balaban J connectivity index is 1.66. The van der Waals surface area contributed by atoms with Crippen LogP contribution in [0.3, 0.4) is 0 Å². The molecule has 10 heteroatoms. The first kappa shape index (κ1) is 21.8. The Morgan fingerprint density at radius 2 is 1.93 bits per heavy atom. The average molecular weight is 451 g/mol. The maximum atomic E-state index is 13.0. The van der Waals surface area contributed by atoms with E-state index in [4.69, 9.17) is 11.6 Å². The van der Waals surface area contributed by atoms with E-state index >= 15 is 0 Å². The van der Waals surface area contributed by atoms with Crippen molar-refractivity contribution < 1.29 is 17.6 Å². The van der Waals surface area contributed by atoms with E-state index in [0.29, 0.717) is 19.5 Å². The van der Waals surface area contributed by atoms with E-state index in [-0.39, 0.29) is 21.2 Å². The summed E-state index contributed by atoms with van der Waals surface area (Å²) < 4.78 is 42.7. The van der Waals surface area contributed by atoms with E-state index in [2.05, 4.69) is 15.0 Å². The summed E-state index contributed by atoms with van der Waals surface area (Å²) in [4.78, 5) is 16.3. The highest BCUT2D eigenvalue weighted by Crippen LogP contribution is 2.25. The minimum absolute atomic E-state index is 0.0308. The number of carbonyl (C=O) groups is 1. The number of hydrogen-bond donors (Lipinski definition) is 2. The van der Waals surface area contributed by atoms with Crippen LogP contribution < -0.4 is 10.0 Å². The van der Waals surface area contributed by atoms with Gasteiger partial charge in [0.25, 0.3) is 15.9 Å². The molecule has 1 aromatic heterocycles. The molecule has 1 amide bonds. The molecular weight excluding hydrogens is 431 g/mol. The van der Waals surface area contributed by atoms with Gasteiger partial charge in [0.05, 0.1) is 5.02 Å². The molecule has 0 bridgehead atoms. The number of aryl methyl sites for hydroxylation is 2. The molecule has 0 aliphatic rings. The summed E-state index contributed by atoms with van der Waals surface area (Å²) in [6, 6.07) is 8.87. The predicted octanol–water partition coefficient (Wildman–Crippen LogP) is 3.60. The molecule has 2 aromatic carbocycles. The molecule has 0 aliphatic heterocycles. The number of anilines is 1. The van der Waals surface area contributed by atoms with E-state index in [1.807, 2.05) is 17.7 Å². The fourth-order valence-electron chi connectivity index (χ4n) is 2.77. The minimum atomic E-state index is -4.07. The van der Waals surface area contributed by atoms with E-state index in [0.717, 1.165) is 18.0 Å². The number of benzene rings is 2. The molecule has 158 valence electrons. The first-order valence-electron chi connectivity index (χ1n) is 9.10. The SMILES string of the molecule is Cc1nccn1CCCNC(=O)c1ccc(Cl)c(S(=O)(=O)Nc2ccc(F)cc2)c1. The van der Waals surface area contributed by atoms with Crippen LogP contribution in [0.1, 0.15) is 22.6 Å². The van der Waals surface area contributed by atoms with Gasteiger partial charge in [-0.1, -0.05) is 11.6 Å². The molecule has 7 nitrogen and oxygen atoms in total. The van der Waals surface area contributed by atoms with Crippen LogP contribution >= 0.6 is 11.6 Å². The maximum Gasteiger partial charge on any atom is 0.263 e. The fraction of sp³-hybridized carbons (Fsp3) is 0.200. The molecule has 1 heterocycles. The zero-order valence-electron chi connectivity index (χ0n) is 16.1. The molecule has 0 unspecified atom stereocenters. The summed E-state index contributed by atoms with van der Waals surface area (Å²) in [5.41, 5.74) is 0.342. The van der Waals surface area contributed by atoms with Gasteiger partial charge in [-0.2, -0.15) is 0 Å². The number of halogens is 2. The van der Waals surface area contributed by atoms with Crippen molar-refractivity contribution in [3.8, 4) is 0 Å². The van der Waals surface area contributed by atoms with Crippen LogP contribution in [0.2, 0.25) is 5.02 Å². The van der Waals surface area contributed by atoms with Gasteiger partial charge >= 0.3 is 0 Å². The second-order valence-corrected chi connectivity index (χ2v) is 8.59. The Bertz CT molecular complexity index is 1150. The van der Waals surface area contributed by atoms with E-state index in [1.165, 1.54) is 30.3 Å². The monoisotopic (exact) mass is 450 g/mol. The molecule has 0 atom stereocenters. The molecule has 3 aromatic rings. The highest BCUT2D eigenvalue weighted by molar-refractivity contribution is 7.92. The molecule has 0 spiro atoms. The molecule has 0 aliphatic carbocycles. The standard InChI is InChI=1S/C20H20ClFN4O3S/c1-14-23-10-12-26(14)11-2-9-24-20(27)15-3-8-18(21)19(13-15)30(28,29)25-17-6-4-16(22)5-7-17/h3-8,10,12-13,25H,2,9,11H2,1H3,(H,24,27). The van der Waals surface area contributed by atoms with Crippen LogP contribution in [0.25, 0.3) is 0 Å². The van der Waals surface area contributed by atoms with Crippen molar-refractivity contribution in [3.63, 3.8) is 0 Å². The van der Waals surface area contributed by atoms with E-state index in [9.17, 15) is 17.6 Å². The van der Waals surface area contributed by atoms with Gasteiger partial charge in [0.2, 0.25) is 0 Å². The van der Waals surface area contributed by atoms with Crippen LogP contribution in [0.5, 0.6) is 0 Å². The number of amides is 1. The van der Waals surface area contributed by atoms with Gasteiger partial charge in [-0.3, -0.25) is 9.52 Å². The second kappa shape index (κ2) is 9.27. The summed E-state index contributed by atoms with van der Waals surface area (Å²) >= 11 is 6.06.